The molecule has 0 spiro atoms. The predicted molar refractivity (Wildman–Crippen MR) is 41.3 cm³/mol. The summed E-state index contributed by atoms with van der Waals surface area (Å²) in [6.45, 7) is 0. The van der Waals surface area contributed by atoms with Crippen LogP contribution >= 0.6 is 0 Å². The number of rotatable bonds is 3. The molecule has 1 aliphatic rings. The van der Waals surface area contributed by atoms with Gasteiger partial charge in [0, 0.05) is 0 Å². The van der Waals surface area contributed by atoms with Gasteiger partial charge < -0.3 is 14.7 Å². The van der Waals surface area contributed by atoms with E-state index in [-0.39, 0.29) is 0 Å². The normalized spacial score (nSPS) is 16.2. The van der Waals surface area contributed by atoms with E-state index >= 15 is 0 Å². The van der Waals surface area contributed by atoms with Gasteiger partial charge in [0.1, 0.15) is 5.75 Å². The van der Waals surface area contributed by atoms with Gasteiger partial charge in [0.15, 0.2) is 0 Å². The summed E-state index contributed by atoms with van der Waals surface area (Å²) in [4.78, 5) is 0. The van der Waals surface area contributed by atoms with Gasteiger partial charge >= 0.3 is 7.32 Å². The molecule has 0 bridgehead atoms. The molecule has 12 heavy (non-hydrogen) atoms. The highest BCUT2D eigenvalue weighted by atomic mass is 16.6. The summed E-state index contributed by atoms with van der Waals surface area (Å²) in [6, 6.07) is 0.484. The second-order valence-corrected chi connectivity index (χ2v) is 2.83. The highest BCUT2D eigenvalue weighted by molar-refractivity contribution is 6.33. The largest absolute Gasteiger partial charge is 0.707 e. The van der Waals surface area contributed by atoms with Crippen LogP contribution in [0.4, 0.5) is 0 Å². The standard InChI is InChI=1S/C6H9BN2O3/c10-7(11)12-6-3-8-9(4-6)5-1-2-5/h3-5,10-11H,1-2H2. The van der Waals surface area contributed by atoms with Crippen LogP contribution in [-0.4, -0.2) is 27.1 Å². The molecule has 1 saturated carbocycles. The molecule has 0 atom stereocenters. The molecule has 1 aromatic heterocycles. The number of hydrogen-bond acceptors (Lipinski definition) is 4. The van der Waals surface area contributed by atoms with Crippen molar-refractivity contribution in [2.45, 2.75) is 18.9 Å². The molecule has 2 rings (SSSR count). The van der Waals surface area contributed by atoms with E-state index in [9.17, 15) is 0 Å². The van der Waals surface area contributed by atoms with Gasteiger partial charge in [-0.2, -0.15) is 5.10 Å². The predicted octanol–water partition coefficient (Wildman–Crippen LogP) is -0.434. The molecule has 64 valence electrons. The number of nitrogens with zero attached hydrogens (tertiary/aromatic N) is 2. The summed E-state index contributed by atoms with van der Waals surface area (Å²) >= 11 is 0. The smallest absolute Gasteiger partial charge is 0.509 e. The van der Waals surface area contributed by atoms with Crippen molar-refractivity contribution in [2.24, 2.45) is 0 Å². The summed E-state index contributed by atoms with van der Waals surface area (Å²) in [5.41, 5.74) is 0. The van der Waals surface area contributed by atoms with Crippen molar-refractivity contribution in [3.8, 4) is 5.75 Å². The Morgan fingerprint density at radius 2 is 2.33 bits per heavy atom. The minimum Gasteiger partial charge on any atom is -0.509 e. The lowest BCUT2D eigenvalue weighted by Crippen LogP contribution is -2.20. The molecule has 0 saturated heterocycles. The lowest BCUT2D eigenvalue weighted by Gasteiger charge is -1.98. The van der Waals surface area contributed by atoms with Crippen LogP contribution in [0.1, 0.15) is 18.9 Å². The molecule has 1 heterocycles. The third kappa shape index (κ3) is 1.59. The molecule has 6 heteroatoms. The number of aromatic nitrogens is 2. The van der Waals surface area contributed by atoms with Crippen molar-refractivity contribution in [3.05, 3.63) is 12.4 Å². The minimum atomic E-state index is -1.76. The van der Waals surface area contributed by atoms with E-state index in [4.69, 9.17) is 10.0 Å². The van der Waals surface area contributed by atoms with E-state index in [1.165, 1.54) is 6.20 Å². The van der Waals surface area contributed by atoms with Crippen LogP contribution in [0.2, 0.25) is 0 Å². The molecule has 1 fully saturated rings. The molecular formula is C6H9BN2O3. The Morgan fingerprint density at radius 3 is 2.92 bits per heavy atom. The first-order chi connectivity index (χ1) is 5.75. The third-order valence-electron chi connectivity index (χ3n) is 1.74. The zero-order valence-electron chi connectivity index (χ0n) is 6.42. The van der Waals surface area contributed by atoms with Gasteiger partial charge in [0.2, 0.25) is 0 Å². The molecule has 0 aromatic carbocycles. The highest BCUT2D eigenvalue weighted by Crippen LogP contribution is 2.34. The zero-order chi connectivity index (χ0) is 8.55. The van der Waals surface area contributed by atoms with Crippen LogP contribution in [0.15, 0.2) is 12.4 Å². The first-order valence-electron chi connectivity index (χ1n) is 3.82. The molecule has 1 aliphatic carbocycles. The maximum absolute atomic E-state index is 8.47. The van der Waals surface area contributed by atoms with E-state index in [0.717, 1.165) is 12.8 Å². The lowest BCUT2D eigenvalue weighted by atomic mass is 10.3. The summed E-state index contributed by atoms with van der Waals surface area (Å²) in [6.07, 6.45) is 5.42. The van der Waals surface area contributed by atoms with E-state index in [1.807, 2.05) is 0 Å². The molecule has 0 aliphatic heterocycles. The number of hydrogen-bond donors (Lipinski definition) is 2. The molecule has 2 N–H and O–H groups in total. The van der Waals surface area contributed by atoms with E-state index in [2.05, 4.69) is 9.75 Å². The van der Waals surface area contributed by atoms with Gasteiger partial charge in [0.25, 0.3) is 0 Å². The summed E-state index contributed by atoms with van der Waals surface area (Å²) in [5, 5.41) is 20.9. The van der Waals surface area contributed by atoms with Crippen molar-refractivity contribution in [3.63, 3.8) is 0 Å². The Kier molecular flexibility index (Phi) is 1.78. The highest BCUT2D eigenvalue weighted by Gasteiger charge is 2.24. The van der Waals surface area contributed by atoms with Gasteiger partial charge in [-0.3, -0.25) is 4.68 Å². The molecule has 5 nitrogen and oxygen atoms in total. The van der Waals surface area contributed by atoms with Crippen LogP contribution in [0.3, 0.4) is 0 Å². The Labute approximate surface area is 69.8 Å². The molecular weight excluding hydrogens is 159 g/mol. The van der Waals surface area contributed by atoms with Gasteiger partial charge in [-0.1, -0.05) is 0 Å². The van der Waals surface area contributed by atoms with Crippen LogP contribution in [-0.2, 0) is 0 Å². The Balaban J connectivity index is 2.03. The van der Waals surface area contributed by atoms with E-state index in [1.54, 1.807) is 10.9 Å². The molecule has 0 radical (unpaired) electrons. The Hall–Kier alpha value is -1.01. The maximum Gasteiger partial charge on any atom is 0.707 e. The van der Waals surface area contributed by atoms with Crippen LogP contribution in [0, 0.1) is 0 Å². The van der Waals surface area contributed by atoms with Crippen molar-refractivity contribution in [1.82, 2.24) is 9.78 Å². The van der Waals surface area contributed by atoms with Crippen molar-refractivity contribution < 1.29 is 14.7 Å². The van der Waals surface area contributed by atoms with Gasteiger partial charge in [-0.15, -0.1) is 0 Å². The van der Waals surface area contributed by atoms with Gasteiger partial charge in [-0.25, -0.2) is 0 Å². The van der Waals surface area contributed by atoms with Crippen molar-refractivity contribution in [1.29, 1.82) is 0 Å². The van der Waals surface area contributed by atoms with Gasteiger partial charge in [0.05, 0.1) is 18.4 Å². The fourth-order valence-corrected chi connectivity index (χ4v) is 1.04. The fraction of sp³-hybridized carbons (Fsp3) is 0.500. The van der Waals surface area contributed by atoms with Gasteiger partial charge in [-0.05, 0) is 12.8 Å². The molecule has 0 amide bonds. The quantitative estimate of drug-likeness (QED) is 0.600. The molecule has 1 aromatic rings. The topological polar surface area (TPSA) is 67.5 Å². The van der Waals surface area contributed by atoms with E-state index < -0.39 is 7.32 Å². The monoisotopic (exact) mass is 168 g/mol. The van der Waals surface area contributed by atoms with E-state index in [0.29, 0.717) is 11.8 Å². The average molecular weight is 168 g/mol. The maximum atomic E-state index is 8.47. The first-order valence-corrected chi connectivity index (χ1v) is 3.82. The van der Waals surface area contributed by atoms with Crippen molar-refractivity contribution in [2.75, 3.05) is 0 Å². The second kappa shape index (κ2) is 2.80. The third-order valence-corrected chi connectivity index (χ3v) is 1.74. The summed E-state index contributed by atoms with van der Waals surface area (Å²) < 4.78 is 6.38. The SMILES string of the molecule is OB(O)Oc1cnn(C2CC2)c1. The summed E-state index contributed by atoms with van der Waals surface area (Å²) in [7, 11) is -1.76. The fourth-order valence-electron chi connectivity index (χ4n) is 1.04. The average Bonchev–Trinajstić information content (AvgIpc) is 2.73. The van der Waals surface area contributed by atoms with Crippen molar-refractivity contribution >= 4 is 7.32 Å². The second-order valence-electron chi connectivity index (χ2n) is 2.83. The van der Waals surface area contributed by atoms with Crippen LogP contribution < -0.4 is 4.65 Å². The van der Waals surface area contributed by atoms with Crippen LogP contribution in [0.5, 0.6) is 5.75 Å². The molecule has 0 unspecified atom stereocenters. The van der Waals surface area contributed by atoms with Crippen LogP contribution in [0.25, 0.3) is 0 Å². The Morgan fingerprint density at radius 1 is 1.58 bits per heavy atom. The lowest BCUT2D eigenvalue weighted by molar-refractivity contribution is 0.288. The Bertz CT molecular complexity index is 272. The first kappa shape index (κ1) is 7.63. The zero-order valence-corrected chi connectivity index (χ0v) is 6.42. The minimum absolute atomic E-state index is 0.386. The summed E-state index contributed by atoms with van der Waals surface area (Å²) in [5.74, 6) is 0.386.